The van der Waals surface area contributed by atoms with Crippen molar-refractivity contribution in [3.8, 4) is 0 Å². The molecule has 1 N–H and O–H groups in total. The maximum Gasteiger partial charge on any atom is 0.0198 e. The van der Waals surface area contributed by atoms with E-state index < -0.39 is 0 Å². The Hall–Kier alpha value is 0.0500. The van der Waals surface area contributed by atoms with Crippen molar-refractivity contribution in [2.24, 2.45) is 0 Å². The van der Waals surface area contributed by atoms with Crippen molar-refractivity contribution >= 4 is 11.8 Å². The van der Waals surface area contributed by atoms with E-state index in [1.165, 1.54) is 25.7 Å². The van der Waals surface area contributed by atoms with Gasteiger partial charge in [-0.2, -0.15) is 11.8 Å². The molecular weight excluding hydrogens is 190 g/mol. The number of nitrogens with one attached hydrogen (secondary N) is 1. The smallest absolute Gasteiger partial charge is 0.0198 e. The van der Waals surface area contributed by atoms with Crippen LogP contribution in [-0.4, -0.2) is 23.6 Å². The van der Waals surface area contributed by atoms with Gasteiger partial charge in [0.2, 0.25) is 0 Å². The summed E-state index contributed by atoms with van der Waals surface area (Å²) in [5.74, 6) is 0. The Morgan fingerprint density at radius 2 is 2.36 bits per heavy atom. The molecule has 1 aliphatic carbocycles. The average Bonchev–Trinajstić information content (AvgIpc) is 2.62. The molecule has 0 bridgehead atoms. The Labute approximate surface area is 92.7 Å². The molecule has 3 atom stereocenters. The summed E-state index contributed by atoms with van der Waals surface area (Å²) in [4.78, 5) is 0. The molecular formula is C12H23NS. The Kier molecular flexibility index (Phi) is 5.64. The van der Waals surface area contributed by atoms with E-state index in [0.29, 0.717) is 6.04 Å². The van der Waals surface area contributed by atoms with Crippen LogP contribution >= 0.6 is 11.8 Å². The molecule has 1 aliphatic rings. The Morgan fingerprint density at radius 1 is 1.57 bits per heavy atom. The lowest BCUT2D eigenvalue weighted by atomic mass is 10.1. The van der Waals surface area contributed by atoms with Crippen LogP contribution in [0.15, 0.2) is 12.7 Å². The Bertz CT molecular complexity index is 170. The molecule has 1 fully saturated rings. The zero-order valence-electron chi connectivity index (χ0n) is 9.46. The average molecular weight is 213 g/mol. The normalized spacial score (nSPS) is 29.0. The Balaban J connectivity index is 2.24. The predicted octanol–water partition coefficient (Wildman–Crippen LogP) is 3.21. The van der Waals surface area contributed by atoms with Crippen molar-refractivity contribution in [2.45, 2.75) is 56.4 Å². The van der Waals surface area contributed by atoms with Crippen molar-refractivity contribution in [3.05, 3.63) is 12.7 Å². The molecule has 0 saturated heterocycles. The standard InChI is InChI=1S/C12H23NS/c1-4-5-7-10(2)13-11-8-6-9-12(11)14-3/h4,10-13H,1,5-9H2,2-3H3. The minimum atomic E-state index is 0.644. The summed E-state index contributed by atoms with van der Waals surface area (Å²) in [5, 5.41) is 4.59. The summed E-state index contributed by atoms with van der Waals surface area (Å²) in [6.07, 6.45) is 10.8. The monoisotopic (exact) mass is 213 g/mol. The van der Waals surface area contributed by atoms with Gasteiger partial charge in [0.1, 0.15) is 0 Å². The second-order valence-corrected chi connectivity index (χ2v) is 5.32. The van der Waals surface area contributed by atoms with Gasteiger partial charge in [0.25, 0.3) is 0 Å². The summed E-state index contributed by atoms with van der Waals surface area (Å²) in [7, 11) is 0. The van der Waals surface area contributed by atoms with Crippen LogP contribution in [0.4, 0.5) is 0 Å². The third kappa shape index (κ3) is 3.66. The highest BCUT2D eigenvalue weighted by molar-refractivity contribution is 7.99. The first-order valence-corrected chi connectivity index (χ1v) is 6.96. The van der Waals surface area contributed by atoms with Gasteiger partial charge in [-0.3, -0.25) is 0 Å². The molecule has 0 spiro atoms. The number of hydrogen-bond donors (Lipinski definition) is 1. The first kappa shape index (κ1) is 12.1. The third-order valence-electron chi connectivity index (χ3n) is 3.06. The molecule has 1 saturated carbocycles. The zero-order valence-corrected chi connectivity index (χ0v) is 10.3. The van der Waals surface area contributed by atoms with Crippen LogP contribution in [-0.2, 0) is 0 Å². The first-order chi connectivity index (χ1) is 6.77. The number of allylic oxidation sites excluding steroid dienone is 1. The van der Waals surface area contributed by atoms with E-state index in [-0.39, 0.29) is 0 Å². The molecule has 0 aromatic carbocycles. The summed E-state index contributed by atoms with van der Waals surface area (Å²) in [6, 6.07) is 1.40. The van der Waals surface area contributed by atoms with E-state index in [2.05, 4.69) is 25.1 Å². The molecule has 0 heterocycles. The van der Waals surface area contributed by atoms with Gasteiger partial charge in [-0.15, -0.1) is 6.58 Å². The summed E-state index contributed by atoms with van der Waals surface area (Å²) < 4.78 is 0. The maximum absolute atomic E-state index is 3.76. The number of hydrogen-bond acceptors (Lipinski definition) is 2. The highest BCUT2D eigenvalue weighted by Crippen LogP contribution is 2.28. The van der Waals surface area contributed by atoms with Gasteiger partial charge in [0.15, 0.2) is 0 Å². The van der Waals surface area contributed by atoms with Gasteiger partial charge in [-0.1, -0.05) is 12.5 Å². The fourth-order valence-electron chi connectivity index (χ4n) is 2.22. The summed E-state index contributed by atoms with van der Waals surface area (Å²) in [5.41, 5.74) is 0. The van der Waals surface area contributed by atoms with Crippen LogP contribution in [0.2, 0.25) is 0 Å². The molecule has 2 heteroatoms. The zero-order chi connectivity index (χ0) is 10.4. The van der Waals surface area contributed by atoms with E-state index in [1.54, 1.807) is 0 Å². The van der Waals surface area contributed by atoms with Gasteiger partial charge < -0.3 is 5.32 Å². The van der Waals surface area contributed by atoms with Gasteiger partial charge in [-0.05, 0) is 38.9 Å². The maximum atomic E-state index is 3.76. The highest BCUT2D eigenvalue weighted by atomic mass is 32.2. The van der Waals surface area contributed by atoms with Gasteiger partial charge in [0.05, 0.1) is 0 Å². The van der Waals surface area contributed by atoms with Crippen LogP contribution in [0.5, 0.6) is 0 Å². The second-order valence-electron chi connectivity index (χ2n) is 4.25. The third-order valence-corrected chi connectivity index (χ3v) is 4.23. The van der Waals surface area contributed by atoms with Crippen molar-refractivity contribution in [2.75, 3.05) is 6.26 Å². The summed E-state index contributed by atoms with van der Waals surface area (Å²) in [6.45, 7) is 6.05. The summed E-state index contributed by atoms with van der Waals surface area (Å²) >= 11 is 2.02. The first-order valence-electron chi connectivity index (χ1n) is 5.67. The van der Waals surface area contributed by atoms with Crippen molar-refractivity contribution in [1.82, 2.24) is 5.32 Å². The molecule has 0 aromatic heterocycles. The molecule has 3 unspecified atom stereocenters. The minimum Gasteiger partial charge on any atom is -0.310 e. The quantitative estimate of drug-likeness (QED) is 0.680. The fourth-order valence-corrected chi connectivity index (χ4v) is 3.16. The predicted molar refractivity (Wildman–Crippen MR) is 67.0 cm³/mol. The SMILES string of the molecule is C=CCCC(C)NC1CCCC1SC. The lowest BCUT2D eigenvalue weighted by Crippen LogP contribution is -2.39. The van der Waals surface area contributed by atoms with Crippen LogP contribution in [0, 0.1) is 0 Å². The molecule has 0 aliphatic heterocycles. The molecule has 0 amide bonds. The fraction of sp³-hybridized carbons (Fsp3) is 0.833. The van der Waals surface area contributed by atoms with E-state index in [4.69, 9.17) is 0 Å². The molecule has 0 aromatic rings. The molecule has 1 rings (SSSR count). The minimum absolute atomic E-state index is 0.644. The second kappa shape index (κ2) is 6.52. The highest BCUT2D eigenvalue weighted by Gasteiger charge is 2.26. The number of rotatable bonds is 6. The van der Waals surface area contributed by atoms with Crippen LogP contribution < -0.4 is 5.32 Å². The lowest BCUT2D eigenvalue weighted by Gasteiger charge is -2.23. The number of thioether (sulfide) groups is 1. The van der Waals surface area contributed by atoms with Crippen LogP contribution in [0.25, 0.3) is 0 Å². The van der Waals surface area contributed by atoms with Crippen molar-refractivity contribution in [3.63, 3.8) is 0 Å². The van der Waals surface area contributed by atoms with Crippen molar-refractivity contribution < 1.29 is 0 Å². The van der Waals surface area contributed by atoms with Crippen LogP contribution in [0.1, 0.15) is 39.0 Å². The van der Waals surface area contributed by atoms with E-state index in [9.17, 15) is 0 Å². The topological polar surface area (TPSA) is 12.0 Å². The van der Waals surface area contributed by atoms with Crippen molar-refractivity contribution in [1.29, 1.82) is 0 Å². The molecule has 82 valence electrons. The van der Waals surface area contributed by atoms with Gasteiger partial charge in [0, 0.05) is 17.3 Å². The molecule has 14 heavy (non-hydrogen) atoms. The van der Waals surface area contributed by atoms with Crippen LogP contribution in [0.3, 0.4) is 0 Å². The largest absolute Gasteiger partial charge is 0.310 e. The lowest BCUT2D eigenvalue weighted by molar-refractivity contribution is 0.438. The molecule has 0 radical (unpaired) electrons. The van der Waals surface area contributed by atoms with E-state index >= 15 is 0 Å². The van der Waals surface area contributed by atoms with Gasteiger partial charge in [-0.25, -0.2) is 0 Å². The molecule has 1 nitrogen and oxygen atoms in total. The Morgan fingerprint density at radius 3 is 3.00 bits per heavy atom. The van der Waals surface area contributed by atoms with E-state index in [1.807, 2.05) is 17.8 Å². The van der Waals surface area contributed by atoms with E-state index in [0.717, 1.165) is 17.7 Å². The van der Waals surface area contributed by atoms with Gasteiger partial charge >= 0.3 is 0 Å².